The van der Waals surface area contributed by atoms with E-state index in [9.17, 15) is 24.1 Å². The van der Waals surface area contributed by atoms with Gasteiger partial charge in [-0.05, 0) is 37.1 Å². The molecule has 0 bridgehead atoms. The number of pyridine rings is 1. The van der Waals surface area contributed by atoms with Gasteiger partial charge < -0.3 is 26.0 Å². The first-order valence-corrected chi connectivity index (χ1v) is 12.2. The lowest BCUT2D eigenvalue weighted by Gasteiger charge is -2.21. The van der Waals surface area contributed by atoms with Crippen LogP contribution in [0.3, 0.4) is 0 Å². The van der Waals surface area contributed by atoms with E-state index in [1.807, 2.05) is 6.07 Å². The third kappa shape index (κ3) is 4.85. The number of thiazole rings is 1. The van der Waals surface area contributed by atoms with Gasteiger partial charge in [-0.2, -0.15) is 4.98 Å². The Bertz CT molecular complexity index is 1350. The minimum atomic E-state index is -1.11. The molecule has 1 aromatic carbocycles. The summed E-state index contributed by atoms with van der Waals surface area (Å²) < 4.78 is 28.1. The van der Waals surface area contributed by atoms with Gasteiger partial charge in [0.25, 0.3) is 0 Å². The predicted octanol–water partition coefficient (Wildman–Crippen LogP) is 2.86. The van der Waals surface area contributed by atoms with Gasteiger partial charge in [0.1, 0.15) is 34.1 Å². The molecule has 3 heterocycles. The molecule has 1 saturated carbocycles. The molecule has 1 fully saturated rings. The smallest absolute Gasteiger partial charge is 0.225 e. The molecule has 9 nitrogen and oxygen atoms in total. The van der Waals surface area contributed by atoms with Crippen molar-refractivity contribution in [3.05, 3.63) is 59.6 Å². The van der Waals surface area contributed by atoms with E-state index in [-0.39, 0.29) is 19.1 Å². The van der Waals surface area contributed by atoms with Gasteiger partial charge in [-0.3, -0.25) is 4.98 Å². The molecular weight excluding hydrogens is 490 g/mol. The number of aromatic nitrogens is 4. The third-order valence-electron chi connectivity index (χ3n) is 6.23. The lowest BCUT2D eigenvalue weighted by Crippen LogP contribution is -2.35. The zero-order valence-corrected chi connectivity index (χ0v) is 20.0. The number of aryl methyl sites for hydroxylation is 1. The number of aliphatic hydroxyl groups is 3. The van der Waals surface area contributed by atoms with Crippen LogP contribution in [0.2, 0.25) is 0 Å². The third-order valence-corrected chi connectivity index (χ3v) is 7.28. The Morgan fingerprint density at radius 2 is 1.86 bits per heavy atom. The van der Waals surface area contributed by atoms with Crippen molar-refractivity contribution in [2.75, 3.05) is 17.2 Å². The van der Waals surface area contributed by atoms with Gasteiger partial charge in [0.15, 0.2) is 0 Å². The molecule has 188 valence electrons. The second-order valence-electron chi connectivity index (χ2n) is 8.76. The molecule has 4 aromatic rings. The van der Waals surface area contributed by atoms with Crippen LogP contribution in [0.4, 0.5) is 20.5 Å². The largest absolute Gasteiger partial charge is 0.396 e. The SMILES string of the molecule is Cc1nc(NCc2cc(F)cc(F)c2)nc(N[C@@H]2C[C@H](CO)[C@@H](O)[C@H]2O)c1-c1nc2cnccc2s1. The highest BCUT2D eigenvalue weighted by molar-refractivity contribution is 7.21. The maximum atomic E-state index is 13.6. The summed E-state index contributed by atoms with van der Waals surface area (Å²) in [5.74, 6) is -1.26. The van der Waals surface area contributed by atoms with Crippen LogP contribution in [0.5, 0.6) is 0 Å². The van der Waals surface area contributed by atoms with Crippen molar-refractivity contribution in [1.29, 1.82) is 0 Å². The summed E-state index contributed by atoms with van der Waals surface area (Å²) in [7, 11) is 0. The van der Waals surface area contributed by atoms with Crippen LogP contribution in [0.1, 0.15) is 17.7 Å². The van der Waals surface area contributed by atoms with Crippen LogP contribution >= 0.6 is 11.3 Å². The number of hydrogen-bond donors (Lipinski definition) is 5. The van der Waals surface area contributed by atoms with Crippen molar-refractivity contribution in [1.82, 2.24) is 19.9 Å². The molecule has 1 aliphatic carbocycles. The molecule has 3 aromatic heterocycles. The highest BCUT2D eigenvalue weighted by atomic mass is 32.1. The number of nitrogens with zero attached hydrogens (tertiary/aromatic N) is 4. The summed E-state index contributed by atoms with van der Waals surface area (Å²) in [6.07, 6.45) is 1.48. The summed E-state index contributed by atoms with van der Waals surface area (Å²) >= 11 is 1.44. The number of fused-ring (bicyclic) bond motifs is 1. The molecule has 0 amide bonds. The predicted molar refractivity (Wildman–Crippen MR) is 131 cm³/mol. The molecule has 5 rings (SSSR count). The molecular formula is C24H24F2N6O3S. The topological polar surface area (TPSA) is 136 Å². The fraction of sp³-hybridized carbons (Fsp3) is 0.333. The fourth-order valence-corrected chi connectivity index (χ4v) is 5.45. The zero-order chi connectivity index (χ0) is 25.4. The van der Waals surface area contributed by atoms with E-state index >= 15 is 0 Å². The highest BCUT2D eigenvalue weighted by Gasteiger charge is 2.41. The summed E-state index contributed by atoms with van der Waals surface area (Å²) in [5, 5.41) is 37.2. The number of benzene rings is 1. The van der Waals surface area contributed by atoms with E-state index in [4.69, 9.17) is 0 Å². The van der Waals surface area contributed by atoms with E-state index in [1.165, 1.54) is 23.5 Å². The first kappa shape index (κ1) is 24.4. The molecule has 4 atom stereocenters. The molecule has 1 aliphatic rings. The lowest BCUT2D eigenvalue weighted by molar-refractivity contribution is 0.00446. The quantitative estimate of drug-likeness (QED) is 0.252. The van der Waals surface area contributed by atoms with Crippen LogP contribution in [-0.2, 0) is 6.54 Å². The first-order chi connectivity index (χ1) is 17.3. The Labute approximate surface area is 208 Å². The Hall–Kier alpha value is -3.32. The average Bonchev–Trinajstić information content (AvgIpc) is 3.38. The van der Waals surface area contributed by atoms with Crippen molar-refractivity contribution in [2.45, 2.75) is 38.1 Å². The standard InChI is InChI=1S/C24H24F2N6O3S/c1-11-19(23-31-17-9-27-3-2-18(17)36-23)22(30-16-6-13(10-33)20(34)21(16)35)32-24(29-11)28-8-12-4-14(25)7-15(26)5-12/h2-5,7,9,13,16,20-21,33-35H,6,8,10H2,1H3,(H2,28,29,30,32)/t13-,16-,20-,21+/m1/s1. The fourth-order valence-electron chi connectivity index (χ4n) is 4.42. The number of aliphatic hydroxyl groups excluding tert-OH is 3. The Kier molecular flexibility index (Phi) is 6.75. The van der Waals surface area contributed by atoms with Gasteiger partial charge >= 0.3 is 0 Å². The number of hydrogen-bond acceptors (Lipinski definition) is 10. The van der Waals surface area contributed by atoms with Gasteiger partial charge in [0, 0.05) is 31.3 Å². The maximum absolute atomic E-state index is 13.6. The molecule has 0 radical (unpaired) electrons. The molecule has 5 N–H and O–H groups in total. The molecule has 0 saturated heterocycles. The van der Waals surface area contributed by atoms with E-state index in [0.717, 1.165) is 16.3 Å². The Balaban J connectivity index is 1.51. The van der Waals surface area contributed by atoms with Crippen LogP contribution < -0.4 is 10.6 Å². The van der Waals surface area contributed by atoms with Crippen molar-refractivity contribution >= 4 is 33.3 Å². The van der Waals surface area contributed by atoms with Gasteiger partial charge in [0.05, 0.1) is 34.3 Å². The van der Waals surface area contributed by atoms with Crippen LogP contribution in [-0.4, -0.2) is 60.1 Å². The zero-order valence-electron chi connectivity index (χ0n) is 19.2. The van der Waals surface area contributed by atoms with Gasteiger partial charge in [0.2, 0.25) is 5.95 Å². The first-order valence-electron chi connectivity index (χ1n) is 11.3. The van der Waals surface area contributed by atoms with Crippen molar-refractivity contribution in [2.24, 2.45) is 5.92 Å². The normalized spacial score (nSPS) is 21.7. The van der Waals surface area contributed by atoms with Crippen molar-refractivity contribution in [3.8, 4) is 10.6 Å². The molecule has 0 aliphatic heterocycles. The monoisotopic (exact) mass is 514 g/mol. The second kappa shape index (κ2) is 9.97. The maximum Gasteiger partial charge on any atom is 0.225 e. The minimum Gasteiger partial charge on any atom is -0.396 e. The second-order valence-corrected chi connectivity index (χ2v) is 9.79. The van der Waals surface area contributed by atoms with Crippen LogP contribution in [0.15, 0.2) is 36.7 Å². The molecule has 12 heteroatoms. The van der Waals surface area contributed by atoms with Crippen molar-refractivity contribution < 1.29 is 24.1 Å². The highest BCUT2D eigenvalue weighted by Crippen LogP contribution is 2.38. The van der Waals surface area contributed by atoms with Crippen LogP contribution in [0.25, 0.3) is 20.8 Å². The van der Waals surface area contributed by atoms with Crippen LogP contribution in [0, 0.1) is 24.5 Å². The lowest BCUT2D eigenvalue weighted by atomic mass is 10.1. The number of halogens is 2. The number of nitrogens with one attached hydrogen (secondary N) is 2. The van der Waals surface area contributed by atoms with E-state index in [2.05, 4.69) is 30.6 Å². The Morgan fingerprint density at radius 1 is 1.08 bits per heavy atom. The summed E-state index contributed by atoms with van der Waals surface area (Å²) in [6.45, 7) is 1.61. The van der Waals surface area contributed by atoms with Crippen molar-refractivity contribution in [3.63, 3.8) is 0 Å². The molecule has 36 heavy (non-hydrogen) atoms. The summed E-state index contributed by atoms with van der Waals surface area (Å²) in [4.78, 5) is 17.9. The minimum absolute atomic E-state index is 0.0804. The molecule has 0 unspecified atom stereocenters. The summed E-state index contributed by atoms with van der Waals surface area (Å²) in [5.41, 5.74) is 2.30. The van der Waals surface area contributed by atoms with Gasteiger partial charge in [-0.1, -0.05) is 0 Å². The summed E-state index contributed by atoms with van der Waals surface area (Å²) in [6, 6.07) is 4.52. The molecule has 0 spiro atoms. The van der Waals surface area contributed by atoms with Gasteiger partial charge in [-0.15, -0.1) is 11.3 Å². The number of rotatable bonds is 7. The van der Waals surface area contributed by atoms with E-state index < -0.39 is 35.8 Å². The average molecular weight is 515 g/mol. The van der Waals surface area contributed by atoms with E-state index in [1.54, 1.807) is 19.3 Å². The number of anilines is 2. The van der Waals surface area contributed by atoms with E-state index in [0.29, 0.717) is 34.1 Å². The Morgan fingerprint density at radius 3 is 2.56 bits per heavy atom. The van der Waals surface area contributed by atoms with Gasteiger partial charge in [-0.25, -0.2) is 18.7 Å².